The first-order valence-electron chi connectivity index (χ1n) is 10.1. The van der Waals surface area contributed by atoms with Crippen molar-refractivity contribution in [3.8, 4) is 0 Å². The van der Waals surface area contributed by atoms with Crippen LogP contribution in [0.15, 0.2) is 0 Å². The number of carbonyl (C=O) groups excluding carboxylic acids is 1. The molecule has 0 unspecified atom stereocenters. The third kappa shape index (κ3) is 11.6. The van der Waals surface area contributed by atoms with Crippen LogP contribution in [0.25, 0.3) is 0 Å². The second-order valence-corrected chi connectivity index (χ2v) is 8.32. The summed E-state index contributed by atoms with van der Waals surface area (Å²) in [4.78, 5) is 23.2. The SMILES string of the molecule is CCOCCC(=O)C(C)(C)CCCCOCCCCCC(C)(C)C(=O)O. The van der Waals surface area contributed by atoms with Gasteiger partial charge in [0.05, 0.1) is 12.0 Å². The summed E-state index contributed by atoms with van der Waals surface area (Å²) in [6.07, 6.45) is 6.92. The van der Waals surface area contributed by atoms with Gasteiger partial charge in [-0.25, -0.2) is 0 Å². The predicted molar refractivity (Wildman–Crippen MR) is 104 cm³/mol. The number of unbranched alkanes of at least 4 members (excludes halogenated alkanes) is 3. The van der Waals surface area contributed by atoms with Crippen LogP contribution in [0.1, 0.15) is 86.0 Å². The molecule has 5 heteroatoms. The number of carboxylic acids is 1. The van der Waals surface area contributed by atoms with E-state index in [0.717, 1.165) is 51.7 Å². The van der Waals surface area contributed by atoms with E-state index in [2.05, 4.69) is 0 Å². The Hall–Kier alpha value is -0.940. The van der Waals surface area contributed by atoms with Gasteiger partial charge in [-0.3, -0.25) is 9.59 Å². The van der Waals surface area contributed by atoms with Gasteiger partial charge in [0, 0.05) is 31.7 Å². The molecule has 0 atom stereocenters. The minimum atomic E-state index is -0.729. The summed E-state index contributed by atoms with van der Waals surface area (Å²) < 4.78 is 10.9. The minimum Gasteiger partial charge on any atom is -0.481 e. The van der Waals surface area contributed by atoms with E-state index in [9.17, 15) is 9.59 Å². The summed E-state index contributed by atoms with van der Waals surface area (Å²) in [7, 11) is 0. The molecule has 0 aromatic carbocycles. The van der Waals surface area contributed by atoms with Crippen LogP contribution in [-0.2, 0) is 19.1 Å². The normalized spacial score (nSPS) is 12.3. The van der Waals surface area contributed by atoms with Gasteiger partial charge in [-0.2, -0.15) is 0 Å². The number of ether oxygens (including phenoxy) is 2. The monoisotopic (exact) mass is 372 g/mol. The third-order valence-electron chi connectivity index (χ3n) is 4.94. The molecule has 0 aromatic rings. The van der Waals surface area contributed by atoms with Gasteiger partial charge in [-0.15, -0.1) is 0 Å². The second kappa shape index (κ2) is 13.3. The van der Waals surface area contributed by atoms with Gasteiger partial charge in [0.15, 0.2) is 0 Å². The average Bonchev–Trinajstić information content (AvgIpc) is 2.56. The molecule has 0 heterocycles. The first kappa shape index (κ1) is 25.1. The highest BCUT2D eigenvalue weighted by molar-refractivity contribution is 5.84. The van der Waals surface area contributed by atoms with E-state index >= 15 is 0 Å². The van der Waals surface area contributed by atoms with E-state index in [0.29, 0.717) is 26.1 Å². The molecule has 0 bridgehead atoms. The Labute approximate surface area is 159 Å². The highest BCUT2D eigenvalue weighted by Crippen LogP contribution is 2.26. The lowest BCUT2D eigenvalue weighted by atomic mass is 9.81. The van der Waals surface area contributed by atoms with E-state index < -0.39 is 11.4 Å². The van der Waals surface area contributed by atoms with E-state index in [4.69, 9.17) is 14.6 Å². The molecule has 0 amide bonds. The zero-order chi connectivity index (χ0) is 20.1. The smallest absolute Gasteiger partial charge is 0.309 e. The molecule has 0 radical (unpaired) electrons. The molecular weight excluding hydrogens is 332 g/mol. The molecule has 0 aliphatic heterocycles. The number of carbonyl (C=O) groups is 2. The van der Waals surface area contributed by atoms with E-state index in [1.54, 1.807) is 13.8 Å². The van der Waals surface area contributed by atoms with E-state index in [1.807, 2.05) is 20.8 Å². The molecule has 0 fully saturated rings. The van der Waals surface area contributed by atoms with Crippen molar-refractivity contribution in [1.82, 2.24) is 0 Å². The van der Waals surface area contributed by atoms with Crippen LogP contribution >= 0.6 is 0 Å². The fourth-order valence-corrected chi connectivity index (χ4v) is 2.71. The van der Waals surface area contributed by atoms with Crippen molar-refractivity contribution in [2.24, 2.45) is 10.8 Å². The Bertz CT molecular complexity index is 401. The van der Waals surface area contributed by atoms with Gasteiger partial charge in [-0.05, 0) is 46.5 Å². The number of aliphatic carboxylic acids is 1. The van der Waals surface area contributed by atoms with Crippen molar-refractivity contribution in [3.05, 3.63) is 0 Å². The molecule has 0 aromatic heterocycles. The number of rotatable bonds is 17. The molecular formula is C21H40O5. The minimum absolute atomic E-state index is 0.274. The number of ketones is 1. The Morgan fingerprint density at radius 2 is 1.31 bits per heavy atom. The molecule has 1 N–H and O–H groups in total. The largest absolute Gasteiger partial charge is 0.481 e. The molecule has 5 nitrogen and oxygen atoms in total. The summed E-state index contributed by atoms with van der Waals surface area (Å²) in [5.41, 5.74) is -0.915. The quantitative estimate of drug-likeness (QED) is 0.369. The summed E-state index contributed by atoms with van der Waals surface area (Å²) in [6, 6.07) is 0. The van der Waals surface area contributed by atoms with Crippen LogP contribution in [0.2, 0.25) is 0 Å². The number of hydrogen-bond acceptors (Lipinski definition) is 4. The van der Waals surface area contributed by atoms with E-state index in [-0.39, 0.29) is 11.2 Å². The van der Waals surface area contributed by atoms with Crippen LogP contribution in [0.3, 0.4) is 0 Å². The molecule has 0 rings (SSSR count). The Balaban J connectivity index is 3.61. The lowest BCUT2D eigenvalue weighted by Gasteiger charge is -2.23. The van der Waals surface area contributed by atoms with Crippen LogP contribution in [0.4, 0.5) is 0 Å². The zero-order valence-electron chi connectivity index (χ0n) is 17.6. The van der Waals surface area contributed by atoms with Gasteiger partial charge in [-0.1, -0.05) is 33.1 Å². The highest BCUT2D eigenvalue weighted by Gasteiger charge is 2.26. The molecule has 0 saturated carbocycles. The van der Waals surface area contributed by atoms with Crippen molar-refractivity contribution in [2.75, 3.05) is 26.4 Å². The van der Waals surface area contributed by atoms with Gasteiger partial charge in [0.1, 0.15) is 5.78 Å². The van der Waals surface area contributed by atoms with Gasteiger partial charge in [0.2, 0.25) is 0 Å². The number of hydrogen-bond donors (Lipinski definition) is 1. The second-order valence-electron chi connectivity index (χ2n) is 8.32. The van der Waals surface area contributed by atoms with Gasteiger partial charge in [0.25, 0.3) is 0 Å². The summed E-state index contributed by atoms with van der Waals surface area (Å²) in [5.74, 6) is -0.454. The van der Waals surface area contributed by atoms with Crippen LogP contribution < -0.4 is 0 Å². The maximum Gasteiger partial charge on any atom is 0.309 e. The number of Topliss-reactive ketones (excluding diaryl/α,β-unsaturated/α-hetero) is 1. The topological polar surface area (TPSA) is 72.8 Å². The Morgan fingerprint density at radius 3 is 1.88 bits per heavy atom. The molecule has 154 valence electrons. The molecule has 0 aliphatic rings. The third-order valence-corrected chi connectivity index (χ3v) is 4.94. The average molecular weight is 373 g/mol. The van der Waals surface area contributed by atoms with E-state index in [1.165, 1.54) is 0 Å². The molecule has 0 spiro atoms. The first-order chi connectivity index (χ1) is 12.1. The maximum atomic E-state index is 12.2. The molecule has 0 saturated heterocycles. The Kier molecular flexibility index (Phi) is 12.8. The highest BCUT2D eigenvalue weighted by atomic mass is 16.5. The standard InChI is InChI=1S/C21H40O5/c1-6-25-17-12-18(22)20(2,3)13-9-11-16-26-15-10-7-8-14-21(4,5)19(23)24/h6-17H2,1-5H3,(H,23,24). The summed E-state index contributed by atoms with van der Waals surface area (Å²) in [6.45, 7) is 12.1. The van der Waals surface area contributed by atoms with Crippen LogP contribution in [-0.4, -0.2) is 43.3 Å². The van der Waals surface area contributed by atoms with Gasteiger partial charge >= 0.3 is 5.97 Å². The van der Waals surface area contributed by atoms with Crippen LogP contribution in [0, 0.1) is 10.8 Å². The summed E-state index contributed by atoms with van der Waals surface area (Å²) >= 11 is 0. The van der Waals surface area contributed by atoms with Crippen molar-refractivity contribution >= 4 is 11.8 Å². The first-order valence-corrected chi connectivity index (χ1v) is 10.1. The van der Waals surface area contributed by atoms with Gasteiger partial charge < -0.3 is 14.6 Å². The number of carboxylic acid groups (broad SMARTS) is 1. The van der Waals surface area contributed by atoms with Crippen molar-refractivity contribution < 1.29 is 24.2 Å². The lowest BCUT2D eigenvalue weighted by molar-refractivity contribution is -0.147. The summed E-state index contributed by atoms with van der Waals surface area (Å²) in [5, 5.41) is 9.06. The van der Waals surface area contributed by atoms with Crippen molar-refractivity contribution in [3.63, 3.8) is 0 Å². The zero-order valence-corrected chi connectivity index (χ0v) is 17.6. The van der Waals surface area contributed by atoms with Crippen LogP contribution in [0.5, 0.6) is 0 Å². The van der Waals surface area contributed by atoms with Crippen molar-refractivity contribution in [2.45, 2.75) is 86.0 Å². The fraction of sp³-hybridized carbons (Fsp3) is 0.905. The maximum absolute atomic E-state index is 12.2. The predicted octanol–water partition coefficient (Wildman–Crippen LogP) is 4.87. The lowest BCUT2D eigenvalue weighted by Crippen LogP contribution is -2.25. The van der Waals surface area contributed by atoms with Crippen molar-refractivity contribution in [1.29, 1.82) is 0 Å². The fourth-order valence-electron chi connectivity index (χ4n) is 2.71. The molecule has 0 aliphatic carbocycles. The molecule has 26 heavy (non-hydrogen) atoms. The Morgan fingerprint density at radius 1 is 0.769 bits per heavy atom.